The Morgan fingerprint density at radius 1 is 1.09 bits per heavy atom. The summed E-state index contributed by atoms with van der Waals surface area (Å²) in [5, 5.41) is 8.00. The monoisotopic (exact) mass is 491 g/mol. The lowest BCUT2D eigenvalue weighted by Gasteiger charge is -2.12. The summed E-state index contributed by atoms with van der Waals surface area (Å²) in [7, 11) is 0. The lowest BCUT2D eigenvalue weighted by molar-refractivity contribution is -0.152. The Bertz CT molecular complexity index is 1150. The number of thiazole rings is 1. The molecule has 1 heterocycles. The second-order valence-electron chi connectivity index (χ2n) is 6.84. The van der Waals surface area contributed by atoms with Gasteiger partial charge < -0.3 is 10.1 Å². The number of hydrogen-bond donors (Lipinski definition) is 2. The molecule has 0 saturated heterocycles. The molecule has 3 rings (SSSR count). The minimum Gasteiger partial charge on any atom is -0.451 e. The van der Waals surface area contributed by atoms with Crippen molar-refractivity contribution in [2.75, 3.05) is 11.9 Å². The molecule has 2 N–H and O–H groups in total. The number of esters is 1. The molecule has 0 aliphatic carbocycles. The van der Waals surface area contributed by atoms with E-state index in [9.17, 15) is 14.4 Å². The first-order valence-corrected chi connectivity index (χ1v) is 11.1. The molecule has 0 spiro atoms. The minimum absolute atomic E-state index is 0.339. The fraction of sp³-hybridized carbons (Fsp3) is 0.182. The molecule has 1 aromatic heterocycles. The number of rotatable bonds is 7. The first kappa shape index (κ1) is 23.7. The fourth-order valence-corrected chi connectivity index (χ4v) is 3.60. The fourth-order valence-electron chi connectivity index (χ4n) is 2.58. The Hall–Kier alpha value is -2.94. The number of carbonyl (C=O) groups is 3. The van der Waals surface area contributed by atoms with Crippen molar-refractivity contribution in [3.63, 3.8) is 0 Å². The quantitative estimate of drug-likeness (QED) is 0.465. The maximum atomic E-state index is 12.3. The van der Waals surface area contributed by atoms with Crippen LogP contribution in [0.4, 0.5) is 5.13 Å². The summed E-state index contributed by atoms with van der Waals surface area (Å²) in [6, 6.07) is 12.0. The summed E-state index contributed by atoms with van der Waals surface area (Å²) in [4.78, 5) is 40.7. The number of benzene rings is 2. The molecule has 166 valence electrons. The van der Waals surface area contributed by atoms with Crippen LogP contribution in [0.15, 0.2) is 47.8 Å². The van der Waals surface area contributed by atoms with E-state index >= 15 is 0 Å². The summed E-state index contributed by atoms with van der Waals surface area (Å²) < 4.78 is 5.09. The molecule has 1 atom stereocenters. The molecule has 0 radical (unpaired) electrons. The standard InChI is InChI=1S/C22H19Cl2N3O4S/c1-12-3-5-14(6-4-12)21(30)25-10-19(28)31-13(2)20(29)27-22-26-18(11-32-22)15-7-8-16(23)17(24)9-15/h3-9,11,13H,10H2,1-2H3,(H,25,30)(H,26,27,29)/t13-/m0/s1. The van der Waals surface area contributed by atoms with Crippen LogP contribution in [0.5, 0.6) is 0 Å². The molecule has 0 aliphatic heterocycles. The number of anilines is 1. The van der Waals surface area contributed by atoms with Gasteiger partial charge in [-0.1, -0.05) is 47.0 Å². The van der Waals surface area contributed by atoms with Crippen LogP contribution in [-0.4, -0.2) is 35.4 Å². The molecular formula is C22H19Cl2N3O4S. The molecule has 3 aromatic rings. The minimum atomic E-state index is -1.07. The third kappa shape index (κ3) is 6.29. The van der Waals surface area contributed by atoms with Gasteiger partial charge in [0.2, 0.25) is 0 Å². The maximum Gasteiger partial charge on any atom is 0.326 e. The van der Waals surface area contributed by atoms with E-state index in [-0.39, 0.29) is 6.54 Å². The Kier molecular flexibility index (Phi) is 7.84. The topological polar surface area (TPSA) is 97.4 Å². The van der Waals surface area contributed by atoms with Crippen LogP contribution in [0, 0.1) is 6.92 Å². The number of ether oxygens (including phenoxy) is 1. The largest absolute Gasteiger partial charge is 0.451 e. The van der Waals surface area contributed by atoms with Crippen molar-refractivity contribution in [2.45, 2.75) is 20.0 Å². The molecule has 0 unspecified atom stereocenters. The van der Waals surface area contributed by atoms with Crippen LogP contribution in [0.1, 0.15) is 22.8 Å². The summed E-state index contributed by atoms with van der Waals surface area (Å²) in [6.07, 6.45) is -1.07. The van der Waals surface area contributed by atoms with Gasteiger partial charge in [0, 0.05) is 16.5 Å². The highest BCUT2D eigenvalue weighted by Crippen LogP contribution is 2.30. The highest BCUT2D eigenvalue weighted by atomic mass is 35.5. The van der Waals surface area contributed by atoms with Gasteiger partial charge in [0.05, 0.1) is 15.7 Å². The van der Waals surface area contributed by atoms with Crippen molar-refractivity contribution >= 4 is 57.5 Å². The van der Waals surface area contributed by atoms with Gasteiger partial charge in [0.1, 0.15) is 6.54 Å². The van der Waals surface area contributed by atoms with Gasteiger partial charge in [0.25, 0.3) is 11.8 Å². The van der Waals surface area contributed by atoms with E-state index in [1.165, 1.54) is 18.3 Å². The van der Waals surface area contributed by atoms with Gasteiger partial charge in [-0.05, 0) is 38.1 Å². The van der Waals surface area contributed by atoms with Gasteiger partial charge in [-0.25, -0.2) is 4.98 Å². The van der Waals surface area contributed by atoms with Gasteiger partial charge in [0.15, 0.2) is 11.2 Å². The normalized spacial score (nSPS) is 11.5. The molecule has 32 heavy (non-hydrogen) atoms. The van der Waals surface area contributed by atoms with E-state index in [1.54, 1.807) is 47.8 Å². The molecule has 0 aliphatic rings. The number of halogens is 2. The molecule has 2 aromatic carbocycles. The molecule has 0 fully saturated rings. The average molecular weight is 492 g/mol. The SMILES string of the molecule is Cc1ccc(C(=O)NCC(=O)O[C@@H](C)C(=O)Nc2nc(-c3ccc(Cl)c(Cl)c3)cs2)cc1. The Balaban J connectivity index is 1.49. The van der Waals surface area contributed by atoms with Crippen LogP contribution in [0.25, 0.3) is 11.3 Å². The van der Waals surface area contributed by atoms with Crippen molar-refractivity contribution in [2.24, 2.45) is 0 Å². The second kappa shape index (κ2) is 10.6. The van der Waals surface area contributed by atoms with E-state index in [0.717, 1.165) is 11.1 Å². The molecular weight excluding hydrogens is 473 g/mol. The average Bonchev–Trinajstić information content (AvgIpc) is 3.22. The van der Waals surface area contributed by atoms with E-state index in [2.05, 4.69) is 15.6 Å². The predicted octanol–water partition coefficient (Wildman–Crippen LogP) is 4.73. The van der Waals surface area contributed by atoms with Crippen molar-refractivity contribution in [3.8, 4) is 11.3 Å². The number of aryl methyl sites for hydroxylation is 1. The van der Waals surface area contributed by atoms with Crippen LogP contribution in [0.3, 0.4) is 0 Å². The highest BCUT2D eigenvalue weighted by Gasteiger charge is 2.20. The Morgan fingerprint density at radius 2 is 1.81 bits per heavy atom. The summed E-state index contributed by atoms with van der Waals surface area (Å²) in [5.41, 5.74) is 2.81. The van der Waals surface area contributed by atoms with E-state index in [4.69, 9.17) is 27.9 Å². The van der Waals surface area contributed by atoms with Gasteiger partial charge >= 0.3 is 5.97 Å². The first-order valence-electron chi connectivity index (χ1n) is 9.49. The van der Waals surface area contributed by atoms with Gasteiger partial charge in [-0.2, -0.15) is 0 Å². The number of hydrogen-bond acceptors (Lipinski definition) is 6. The molecule has 2 amide bonds. The Labute approximate surface area is 198 Å². The van der Waals surface area contributed by atoms with Crippen LogP contribution in [0.2, 0.25) is 10.0 Å². The molecule has 7 nitrogen and oxygen atoms in total. The van der Waals surface area contributed by atoms with Crippen molar-refractivity contribution in [1.29, 1.82) is 0 Å². The third-order valence-electron chi connectivity index (χ3n) is 4.33. The van der Waals surface area contributed by atoms with Crippen LogP contribution >= 0.6 is 34.5 Å². The van der Waals surface area contributed by atoms with Gasteiger partial charge in [-0.3, -0.25) is 19.7 Å². The van der Waals surface area contributed by atoms with E-state index in [0.29, 0.717) is 26.4 Å². The first-order chi connectivity index (χ1) is 15.2. The lowest BCUT2D eigenvalue weighted by atomic mass is 10.1. The second-order valence-corrected chi connectivity index (χ2v) is 8.51. The van der Waals surface area contributed by atoms with E-state index in [1.807, 2.05) is 6.92 Å². The number of amides is 2. The lowest BCUT2D eigenvalue weighted by Crippen LogP contribution is -2.35. The number of nitrogens with one attached hydrogen (secondary N) is 2. The smallest absolute Gasteiger partial charge is 0.326 e. The van der Waals surface area contributed by atoms with Crippen molar-refractivity contribution in [1.82, 2.24) is 10.3 Å². The predicted molar refractivity (Wildman–Crippen MR) is 125 cm³/mol. The summed E-state index contributed by atoms with van der Waals surface area (Å²) >= 11 is 13.2. The van der Waals surface area contributed by atoms with Crippen molar-refractivity contribution < 1.29 is 19.1 Å². The van der Waals surface area contributed by atoms with Gasteiger partial charge in [-0.15, -0.1) is 11.3 Å². The maximum absolute atomic E-state index is 12.3. The third-order valence-corrected chi connectivity index (χ3v) is 5.83. The van der Waals surface area contributed by atoms with E-state index < -0.39 is 23.9 Å². The zero-order chi connectivity index (χ0) is 23.3. The summed E-state index contributed by atoms with van der Waals surface area (Å²) in [5.74, 6) is -1.68. The zero-order valence-electron chi connectivity index (χ0n) is 17.1. The van der Waals surface area contributed by atoms with Crippen LogP contribution < -0.4 is 10.6 Å². The van der Waals surface area contributed by atoms with Crippen LogP contribution in [-0.2, 0) is 14.3 Å². The number of nitrogens with zero attached hydrogens (tertiary/aromatic N) is 1. The number of carbonyl (C=O) groups excluding carboxylic acids is 3. The zero-order valence-corrected chi connectivity index (χ0v) is 19.5. The molecule has 10 heteroatoms. The highest BCUT2D eigenvalue weighted by molar-refractivity contribution is 7.14. The number of aromatic nitrogens is 1. The summed E-state index contributed by atoms with van der Waals surface area (Å²) in [6.45, 7) is 2.98. The Morgan fingerprint density at radius 3 is 2.50 bits per heavy atom. The molecule has 0 saturated carbocycles. The molecule has 0 bridgehead atoms. The van der Waals surface area contributed by atoms with Crippen molar-refractivity contribution in [3.05, 3.63) is 69.0 Å².